The van der Waals surface area contributed by atoms with E-state index >= 15 is 0 Å². The van der Waals surface area contributed by atoms with Crippen molar-refractivity contribution < 1.29 is 22.8 Å². The van der Waals surface area contributed by atoms with Crippen molar-refractivity contribution in [3.63, 3.8) is 0 Å². The second-order valence-electron chi connectivity index (χ2n) is 8.26. The lowest BCUT2D eigenvalue weighted by Gasteiger charge is -2.29. The normalized spacial score (nSPS) is 16.9. The number of pyridine rings is 1. The number of hydrogen-bond donors (Lipinski definition) is 3. The molecule has 11 heteroatoms. The molecule has 1 aliphatic rings. The molecule has 3 amide bonds. The van der Waals surface area contributed by atoms with Crippen LogP contribution in [0.15, 0.2) is 48.7 Å². The van der Waals surface area contributed by atoms with Gasteiger partial charge in [0.05, 0.1) is 11.8 Å². The molecule has 182 valence electrons. The smallest absolute Gasteiger partial charge is 0.251 e. The van der Waals surface area contributed by atoms with Crippen molar-refractivity contribution in [2.24, 2.45) is 0 Å². The highest BCUT2D eigenvalue weighted by molar-refractivity contribution is 7.90. The highest BCUT2D eigenvalue weighted by Gasteiger charge is 2.42. The Morgan fingerprint density at radius 2 is 1.85 bits per heavy atom. The van der Waals surface area contributed by atoms with Gasteiger partial charge in [0.1, 0.15) is 27.7 Å². The van der Waals surface area contributed by atoms with Crippen molar-refractivity contribution in [2.75, 3.05) is 29.3 Å². The van der Waals surface area contributed by atoms with E-state index in [2.05, 4.69) is 20.9 Å². The number of rotatable bonds is 9. The predicted molar refractivity (Wildman–Crippen MR) is 129 cm³/mol. The molecule has 10 nitrogen and oxygen atoms in total. The lowest BCUT2D eigenvalue weighted by molar-refractivity contribution is -0.129. The monoisotopic (exact) mass is 487 g/mol. The number of nitrogens with zero attached hydrogens (tertiary/aromatic N) is 2. The Kier molecular flexibility index (Phi) is 8.00. The van der Waals surface area contributed by atoms with Gasteiger partial charge in [-0.05, 0) is 44.2 Å². The molecule has 2 aromatic rings. The van der Waals surface area contributed by atoms with Gasteiger partial charge in [0.15, 0.2) is 0 Å². The minimum Gasteiger partial charge on any atom is -0.343 e. The van der Waals surface area contributed by atoms with E-state index < -0.39 is 45.7 Å². The minimum absolute atomic E-state index is 0.133. The number of aromatic nitrogens is 1. The average Bonchev–Trinajstić information content (AvgIpc) is 3.20. The Hall–Kier alpha value is -3.31. The van der Waals surface area contributed by atoms with Crippen LogP contribution in [0.3, 0.4) is 0 Å². The third-order valence-electron chi connectivity index (χ3n) is 5.62. The number of likely N-dealkylation sites (N-methyl/N-ethyl adjacent to an activating group) is 1. The Morgan fingerprint density at radius 1 is 1.15 bits per heavy atom. The molecule has 0 spiro atoms. The summed E-state index contributed by atoms with van der Waals surface area (Å²) in [4.78, 5) is 45.0. The van der Waals surface area contributed by atoms with E-state index in [4.69, 9.17) is 0 Å². The Bertz CT molecular complexity index is 1160. The van der Waals surface area contributed by atoms with Gasteiger partial charge in [-0.25, -0.2) is 13.4 Å². The fourth-order valence-corrected chi connectivity index (χ4v) is 4.32. The summed E-state index contributed by atoms with van der Waals surface area (Å²) in [6.45, 7) is 1.62. The molecular formula is C23H29N5O5S. The molecule has 0 fully saturated rings. The lowest BCUT2D eigenvalue weighted by atomic mass is 10.1. The van der Waals surface area contributed by atoms with Crippen LogP contribution in [0.5, 0.6) is 0 Å². The first-order valence-electron chi connectivity index (χ1n) is 10.9. The van der Waals surface area contributed by atoms with Crippen LogP contribution in [0.2, 0.25) is 0 Å². The molecule has 0 saturated heterocycles. The molecule has 0 radical (unpaired) electrons. The molecule has 3 atom stereocenters. The highest BCUT2D eigenvalue weighted by Crippen LogP contribution is 2.31. The number of amides is 3. The van der Waals surface area contributed by atoms with Gasteiger partial charge in [0.25, 0.3) is 5.91 Å². The number of fused-ring (bicyclic) bond motifs is 1. The molecule has 3 rings (SSSR count). The molecule has 3 N–H and O–H groups in total. The van der Waals surface area contributed by atoms with E-state index in [1.807, 2.05) is 6.07 Å². The number of anilines is 2. The van der Waals surface area contributed by atoms with Gasteiger partial charge in [-0.1, -0.05) is 24.3 Å². The molecule has 0 aliphatic carbocycles. The Balaban J connectivity index is 1.92. The summed E-state index contributed by atoms with van der Waals surface area (Å²) in [5, 5.41) is 8.24. The second kappa shape index (κ2) is 10.7. The summed E-state index contributed by atoms with van der Waals surface area (Å²) in [6.07, 6.45) is 2.69. The molecule has 1 aromatic carbocycles. The van der Waals surface area contributed by atoms with E-state index in [0.717, 1.165) is 6.26 Å². The summed E-state index contributed by atoms with van der Waals surface area (Å²) in [5.74, 6) is -1.44. The average molecular weight is 488 g/mol. The summed E-state index contributed by atoms with van der Waals surface area (Å²) in [7, 11) is -1.80. The summed E-state index contributed by atoms with van der Waals surface area (Å²) >= 11 is 0. The molecule has 34 heavy (non-hydrogen) atoms. The second-order valence-corrected chi connectivity index (χ2v) is 10.5. The molecular weight excluding hydrogens is 458 g/mol. The van der Waals surface area contributed by atoms with Crippen LogP contribution in [-0.4, -0.2) is 68.3 Å². The first kappa shape index (κ1) is 25.3. The van der Waals surface area contributed by atoms with Crippen LogP contribution in [0.4, 0.5) is 11.5 Å². The third kappa shape index (κ3) is 6.17. The van der Waals surface area contributed by atoms with E-state index in [1.165, 1.54) is 11.1 Å². The quantitative estimate of drug-likeness (QED) is 0.468. The fourth-order valence-electron chi connectivity index (χ4n) is 3.65. The predicted octanol–water partition coefficient (Wildman–Crippen LogP) is 0.505. The van der Waals surface area contributed by atoms with Crippen LogP contribution in [0.1, 0.15) is 18.9 Å². The van der Waals surface area contributed by atoms with Crippen molar-refractivity contribution in [1.29, 1.82) is 0 Å². The van der Waals surface area contributed by atoms with Crippen molar-refractivity contribution >= 4 is 39.1 Å². The minimum atomic E-state index is -3.40. The number of para-hydroxylation sites is 1. The maximum Gasteiger partial charge on any atom is 0.251 e. The Morgan fingerprint density at radius 3 is 2.50 bits per heavy atom. The van der Waals surface area contributed by atoms with E-state index in [9.17, 15) is 22.8 Å². The van der Waals surface area contributed by atoms with Gasteiger partial charge < -0.3 is 16.0 Å². The highest BCUT2D eigenvalue weighted by atomic mass is 32.2. The van der Waals surface area contributed by atoms with Gasteiger partial charge in [-0.2, -0.15) is 0 Å². The van der Waals surface area contributed by atoms with Crippen molar-refractivity contribution in [1.82, 2.24) is 15.6 Å². The molecule has 2 heterocycles. The lowest BCUT2D eigenvalue weighted by Crippen LogP contribution is -2.56. The van der Waals surface area contributed by atoms with Crippen LogP contribution in [-0.2, 0) is 30.6 Å². The molecule has 1 aliphatic heterocycles. The number of nitrogens with one attached hydrogen (secondary N) is 3. The summed E-state index contributed by atoms with van der Waals surface area (Å²) in [6, 6.07) is 9.69. The molecule has 1 aromatic heterocycles. The Labute approximate surface area is 199 Å². The standard InChI is InChI=1S/C23H29N5O5S/c1-15(24-2)21(29)27-18(11-13-34(3,32)33)23(31)28-19(14-16-8-7-12-25-20(16)28)22(30)26-17-9-5-4-6-10-17/h4-10,12,15,18-19,24H,11,13-14H2,1-3H3,(H,26,30)(H,27,29)/t15-,18?,19?/m0/s1. The van der Waals surface area contributed by atoms with Crippen molar-refractivity contribution in [2.45, 2.75) is 37.9 Å². The van der Waals surface area contributed by atoms with Crippen LogP contribution in [0.25, 0.3) is 0 Å². The SMILES string of the molecule is CN[C@@H](C)C(=O)NC(CCS(C)(=O)=O)C(=O)N1c2ncccc2CC1C(=O)Nc1ccccc1. The zero-order chi connectivity index (χ0) is 24.9. The van der Waals surface area contributed by atoms with Crippen LogP contribution >= 0.6 is 0 Å². The third-order valence-corrected chi connectivity index (χ3v) is 6.60. The van der Waals surface area contributed by atoms with E-state index in [1.54, 1.807) is 50.4 Å². The van der Waals surface area contributed by atoms with Gasteiger partial charge in [0.2, 0.25) is 11.8 Å². The number of carbonyl (C=O) groups excluding carboxylic acids is 3. The van der Waals surface area contributed by atoms with Gasteiger partial charge in [0, 0.05) is 24.6 Å². The maximum absolute atomic E-state index is 13.7. The zero-order valence-corrected chi connectivity index (χ0v) is 20.1. The van der Waals surface area contributed by atoms with E-state index in [0.29, 0.717) is 17.1 Å². The first-order chi connectivity index (χ1) is 16.1. The van der Waals surface area contributed by atoms with Gasteiger partial charge >= 0.3 is 0 Å². The van der Waals surface area contributed by atoms with Crippen molar-refractivity contribution in [3.05, 3.63) is 54.2 Å². The summed E-state index contributed by atoms with van der Waals surface area (Å²) < 4.78 is 23.6. The topological polar surface area (TPSA) is 138 Å². The molecule has 2 unspecified atom stereocenters. The first-order valence-corrected chi connectivity index (χ1v) is 12.9. The number of carbonyl (C=O) groups is 3. The molecule has 0 saturated carbocycles. The largest absolute Gasteiger partial charge is 0.343 e. The van der Waals surface area contributed by atoms with Crippen LogP contribution < -0.4 is 20.9 Å². The van der Waals surface area contributed by atoms with Crippen LogP contribution in [0, 0.1) is 0 Å². The number of sulfone groups is 1. The van der Waals surface area contributed by atoms with E-state index in [-0.39, 0.29) is 18.6 Å². The van der Waals surface area contributed by atoms with Gasteiger partial charge in [-0.15, -0.1) is 0 Å². The molecule has 0 bridgehead atoms. The van der Waals surface area contributed by atoms with Gasteiger partial charge in [-0.3, -0.25) is 19.3 Å². The summed E-state index contributed by atoms with van der Waals surface area (Å²) in [5.41, 5.74) is 1.29. The maximum atomic E-state index is 13.7. The number of benzene rings is 1. The van der Waals surface area contributed by atoms with Crippen molar-refractivity contribution in [3.8, 4) is 0 Å². The zero-order valence-electron chi connectivity index (χ0n) is 19.3. The number of hydrogen-bond acceptors (Lipinski definition) is 7. The fraction of sp³-hybridized carbons (Fsp3) is 0.391.